The van der Waals surface area contributed by atoms with E-state index < -0.39 is 0 Å². The number of hydrogen-bond acceptors (Lipinski definition) is 1. The van der Waals surface area contributed by atoms with E-state index >= 15 is 0 Å². The minimum Gasteiger partial charge on any atom is -0.392 e. The molecule has 0 bridgehead atoms. The first-order valence-electron chi connectivity index (χ1n) is 3.57. The minimum absolute atomic E-state index is 0.688. The Balaban J connectivity index is 3.04. The summed E-state index contributed by atoms with van der Waals surface area (Å²) in [5.41, 5.74) is 10.3. The van der Waals surface area contributed by atoms with E-state index in [4.69, 9.17) is 5.73 Å². The lowest BCUT2D eigenvalue weighted by Crippen LogP contribution is -1.93. The molecule has 0 fully saturated rings. The summed E-state index contributed by atoms with van der Waals surface area (Å²) in [7, 11) is 0. The van der Waals surface area contributed by atoms with Crippen LogP contribution in [0.2, 0.25) is 0 Å². The fraction of sp³-hybridized carbons (Fsp3) is 0.100. The van der Waals surface area contributed by atoms with Crippen molar-refractivity contribution in [3.63, 3.8) is 0 Å². The van der Waals surface area contributed by atoms with Gasteiger partial charge >= 0.3 is 0 Å². The fourth-order valence-corrected chi connectivity index (χ4v) is 0.857. The van der Waals surface area contributed by atoms with E-state index in [1.807, 2.05) is 43.3 Å². The summed E-state index contributed by atoms with van der Waals surface area (Å²) < 4.78 is 0. The first kappa shape index (κ1) is 7.64. The molecule has 0 aliphatic heterocycles. The molecule has 0 amide bonds. The molecular weight excluding hydrogens is 134 g/mol. The van der Waals surface area contributed by atoms with Gasteiger partial charge in [0.05, 0.1) is 5.70 Å². The average molecular weight is 145 g/mol. The number of hydrogen-bond donors (Lipinski definition) is 1. The van der Waals surface area contributed by atoms with Gasteiger partial charge in [0.25, 0.3) is 0 Å². The zero-order valence-electron chi connectivity index (χ0n) is 6.54. The van der Waals surface area contributed by atoms with Crippen LogP contribution in [-0.2, 0) is 0 Å². The first-order chi connectivity index (χ1) is 5.34. The van der Waals surface area contributed by atoms with E-state index in [2.05, 4.69) is 5.73 Å². The van der Waals surface area contributed by atoms with Gasteiger partial charge in [0, 0.05) is 5.56 Å². The van der Waals surface area contributed by atoms with E-state index in [0.29, 0.717) is 5.70 Å². The number of allylic oxidation sites excluding steroid dienone is 1. The van der Waals surface area contributed by atoms with Crippen LogP contribution in [0.4, 0.5) is 0 Å². The van der Waals surface area contributed by atoms with Gasteiger partial charge in [0.15, 0.2) is 0 Å². The maximum atomic E-state index is 5.68. The van der Waals surface area contributed by atoms with Crippen LogP contribution < -0.4 is 5.73 Å². The summed E-state index contributed by atoms with van der Waals surface area (Å²) in [6, 6.07) is 9.81. The quantitative estimate of drug-likeness (QED) is 0.602. The second kappa shape index (κ2) is 3.65. The largest absolute Gasteiger partial charge is 0.392 e. The molecule has 0 atom stereocenters. The third kappa shape index (κ3) is 1.99. The van der Waals surface area contributed by atoms with E-state index in [1.54, 1.807) is 0 Å². The van der Waals surface area contributed by atoms with Crippen LogP contribution in [0.1, 0.15) is 12.5 Å². The van der Waals surface area contributed by atoms with Gasteiger partial charge in [0.2, 0.25) is 0 Å². The summed E-state index contributed by atoms with van der Waals surface area (Å²) in [6.45, 7) is 1.90. The highest BCUT2D eigenvalue weighted by atomic mass is 14.6. The summed E-state index contributed by atoms with van der Waals surface area (Å²) in [5, 5.41) is 0. The Morgan fingerprint density at radius 1 is 1.36 bits per heavy atom. The molecule has 0 saturated heterocycles. The van der Waals surface area contributed by atoms with Crippen molar-refractivity contribution in [3.05, 3.63) is 47.7 Å². The molecule has 0 aliphatic carbocycles. The summed E-state index contributed by atoms with van der Waals surface area (Å²) in [6.07, 6.45) is 1.81. The van der Waals surface area contributed by atoms with Crippen molar-refractivity contribution in [2.75, 3.05) is 0 Å². The molecule has 0 spiro atoms. The Morgan fingerprint density at radius 3 is 2.55 bits per heavy atom. The van der Waals surface area contributed by atoms with Crippen LogP contribution in [0.5, 0.6) is 0 Å². The predicted molar refractivity (Wildman–Crippen MR) is 47.8 cm³/mol. The summed E-state index contributed by atoms with van der Waals surface area (Å²) in [5.74, 6) is 0. The van der Waals surface area contributed by atoms with Gasteiger partial charge in [0.1, 0.15) is 0 Å². The van der Waals surface area contributed by atoms with E-state index in [1.165, 1.54) is 0 Å². The zero-order chi connectivity index (χ0) is 8.10. The molecule has 0 heterocycles. The standard InChI is InChI=1S/C10H11N/c1-2-6-10(11)9-7-4-3-5-8-9/h2-5,7-8H,11H2,1H3. The minimum atomic E-state index is 0.688. The summed E-state index contributed by atoms with van der Waals surface area (Å²) >= 11 is 0. The molecule has 1 heteroatoms. The molecule has 56 valence electrons. The Bertz CT molecular complexity index is 279. The highest BCUT2D eigenvalue weighted by molar-refractivity contribution is 5.61. The lowest BCUT2D eigenvalue weighted by Gasteiger charge is -1.95. The lowest BCUT2D eigenvalue weighted by molar-refractivity contribution is 1.52. The second-order valence-corrected chi connectivity index (χ2v) is 2.21. The molecule has 0 radical (unpaired) electrons. The lowest BCUT2D eigenvalue weighted by atomic mass is 10.2. The van der Waals surface area contributed by atoms with Crippen LogP contribution in [-0.4, -0.2) is 0 Å². The molecule has 2 N–H and O–H groups in total. The third-order valence-electron chi connectivity index (χ3n) is 1.38. The van der Waals surface area contributed by atoms with Gasteiger partial charge in [-0.25, -0.2) is 0 Å². The predicted octanol–water partition coefficient (Wildman–Crippen LogP) is 2.16. The highest BCUT2D eigenvalue weighted by Crippen LogP contribution is 2.05. The van der Waals surface area contributed by atoms with Gasteiger partial charge in [-0.2, -0.15) is 0 Å². The average Bonchev–Trinajstić information content (AvgIpc) is 2.07. The smallest absolute Gasteiger partial charge is 0.0817 e. The van der Waals surface area contributed by atoms with Crippen molar-refractivity contribution < 1.29 is 0 Å². The molecule has 0 aliphatic rings. The molecule has 1 nitrogen and oxygen atoms in total. The highest BCUT2D eigenvalue weighted by Gasteiger charge is 1.89. The molecule has 11 heavy (non-hydrogen) atoms. The Morgan fingerprint density at radius 2 is 2.00 bits per heavy atom. The van der Waals surface area contributed by atoms with Gasteiger partial charge in [-0.1, -0.05) is 36.1 Å². The second-order valence-electron chi connectivity index (χ2n) is 2.21. The first-order valence-corrected chi connectivity index (χ1v) is 3.57. The number of nitrogens with two attached hydrogens (primary N) is 1. The van der Waals surface area contributed by atoms with Gasteiger partial charge < -0.3 is 5.73 Å². The topological polar surface area (TPSA) is 26.0 Å². The molecular formula is C10H11N. The van der Waals surface area contributed by atoms with Crippen LogP contribution in [0.25, 0.3) is 5.70 Å². The molecule has 0 aromatic heterocycles. The molecule has 0 saturated carbocycles. The Kier molecular flexibility index (Phi) is 2.53. The normalized spacial score (nSPS) is 8.45. The summed E-state index contributed by atoms with van der Waals surface area (Å²) in [4.78, 5) is 0. The zero-order valence-corrected chi connectivity index (χ0v) is 6.54. The van der Waals surface area contributed by atoms with E-state index in [0.717, 1.165) is 5.56 Å². The number of benzene rings is 1. The molecule has 1 aromatic rings. The third-order valence-corrected chi connectivity index (χ3v) is 1.38. The SMILES string of the molecule is CC=C=C(N)c1ccccc1. The number of rotatable bonds is 1. The van der Waals surface area contributed by atoms with Gasteiger partial charge in [-0.05, 0) is 13.0 Å². The van der Waals surface area contributed by atoms with Gasteiger partial charge in [-0.3, -0.25) is 0 Å². The van der Waals surface area contributed by atoms with Crippen LogP contribution in [0.15, 0.2) is 42.1 Å². The maximum Gasteiger partial charge on any atom is 0.0817 e. The molecule has 1 rings (SSSR count). The fourth-order valence-electron chi connectivity index (χ4n) is 0.857. The Labute approximate surface area is 66.9 Å². The van der Waals surface area contributed by atoms with E-state index in [9.17, 15) is 0 Å². The van der Waals surface area contributed by atoms with Crippen molar-refractivity contribution >= 4 is 5.70 Å². The molecule has 1 aromatic carbocycles. The van der Waals surface area contributed by atoms with E-state index in [-0.39, 0.29) is 0 Å². The van der Waals surface area contributed by atoms with Crippen LogP contribution >= 0.6 is 0 Å². The monoisotopic (exact) mass is 145 g/mol. The van der Waals surface area contributed by atoms with Gasteiger partial charge in [-0.15, -0.1) is 0 Å². The maximum absolute atomic E-state index is 5.68. The molecule has 0 unspecified atom stereocenters. The van der Waals surface area contributed by atoms with Crippen LogP contribution in [0, 0.1) is 0 Å². The van der Waals surface area contributed by atoms with Crippen molar-refractivity contribution in [1.82, 2.24) is 0 Å². The van der Waals surface area contributed by atoms with Crippen molar-refractivity contribution in [1.29, 1.82) is 0 Å². The Hall–Kier alpha value is -1.46. The van der Waals surface area contributed by atoms with Crippen molar-refractivity contribution in [2.45, 2.75) is 6.92 Å². The van der Waals surface area contributed by atoms with Crippen molar-refractivity contribution in [3.8, 4) is 0 Å². The van der Waals surface area contributed by atoms with Crippen LogP contribution in [0.3, 0.4) is 0 Å². The van der Waals surface area contributed by atoms with Crippen molar-refractivity contribution in [2.24, 2.45) is 5.73 Å².